The zero-order valence-electron chi connectivity index (χ0n) is 16.3. The summed E-state index contributed by atoms with van der Waals surface area (Å²) in [5.74, 6) is 0.380. The predicted octanol–water partition coefficient (Wildman–Crippen LogP) is 4.67. The first-order chi connectivity index (χ1) is 11.1. The molecule has 0 aromatic heterocycles. The molecule has 24 heavy (non-hydrogen) atoms. The lowest BCUT2D eigenvalue weighted by molar-refractivity contribution is -0.898. The summed E-state index contributed by atoms with van der Waals surface area (Å²) in [5, 5.41) is 13.0. The van der Waals surface area contributed by atoms with E-state index in [0.29, 0.717) is 25.6 Å². The Morgan fingerprint density at radius 3 is 2.21 bits per heavy atom. The Morgan fingerprint density at radius 2 is 1.71 bits per heavy atom. The van der Waals surface area contributed by atoms with E-state index < -0.39 is 0 Å². The van der Waals surface area contributed by atoms with Gasteiger partial charge in [0, 0.05) is 5.92 Å². The van der Waals surface area contributed by atoms with Gasteiger partial charge in [-0.3, -0.25) is 0 Å². The maximum atomic E-state index is 13.0. The highest BCUT2D eigenvalue weighted by Crippen LogP contribution is 2.27. The van der Waals surface area contributed by atoms with E-state index in [-0.39, 0.29) is 22.3 Å². The van der Waals surface area contributed by atoms with Crippen molar-refractivity contribution in [2.45, 2.75) is 72.0 Å². The van der Waals surface area contributed by atoms with Gasteiger partial charge < -0.3 is 14.6 Å². The maximum Gasteiger partial charge on any atom is 0.105 e. The number of morpholine rings is 1. The van der Waals surface area contributed by atoms with Crippen LogP contribution in [0, 0.1) is 11.1 Å². The van der Waals surface area contributed by atoms with E-state index >= 15 is 0 Å². The summed E-state index contributed by atoms with van der Waals surface area (Å²) in [7, 11) is 0. The molecule has 1 fully saturated rings. The maximum absolute atomic E-state index is 13.0. The lowest BCUT2D eigenvalue weighted by atomic mass is 9.82. The average molecular weight is 334 g/mol. The number of ether oxygens (including phenoxy) is 1. The van der Waals surface area contributed by atoms with E-state index in [9.17, 15) is 5.21 Å². The van der Waals surface area contributed by atoms with Crippen molar-refractivity contribution in [2.24, 2.45) is 5.92 Å². The number of quaternary nitrogens is 1. The molecule has 0 radical (unpaired) electrons. The Morgan fingerprint density at radius 1 is 1.17 bits per heavy atom. The summed E-state index contributed by atoms with van der Waals surface area (Å²) in [6, 6.07) is 8.99. The number of hydrogen-bond acceptors (Lipinski definition) is 2. The second-order valence-electron chi connectivity index (χ2n) is 8.61. The Hall–Kier alpha value is -0.900. The van der Waals surface area contributed by atoms with Crippen LogP contribution < -0.4 is 0 Å². The van der Waals surface area contributed by atoms with Crippen molar-refractivity contribution in [2.75, 3.05) is 19.6 Å². The van der Waals surface area contributed by atoms with E-state index in [1.54, 1.807) is 0 Å². The highest BCUT2D eigenvalue weighted by molar-refractivity contribution is 5.28. The SMILES string of the molecule is CCC(C)(C)c1ccc(CC(C)C[N+]2([O-])C[C@@H](C)O[C@@H](C)C2)cc1. The summed E-state index contributed by atoms with van der Waals surface area (Å²) >= 11 is 0. The van der Waals surface area contributed by atoms with Crippen LogP contribution in [0.5, 0.6) is 0 Å². The van der Waals surface area contributed by atoms with Gasteiger partial charge in [0.25, 0.3) is 0 Å². The summed E-state index contributed by atoms with van der Waals surface area (Å²) in [6.07, 6.45) is 2.24. The second kappa shape index (κ2) is 7.55. The lowest BCUT2D eigenvalue weighted by Crippen LogP contribution is -2.57. The minimum absolute atomic E-state index is 0.0639. The molecule has 1 saturated heterocycles. The van der Waals surface area contributed by atoms with Gasteiger partial charge in [-0.15, -0.1) is 0 Å². The zero-order valence-corrected chi connectivity index (χ0v) is 16.3. The molecule has 3 nitrogen and oxygen atoms in total. The number of nitrogens with zero attached hydrogens (tertiary/aromatic N) is 1. The molecule has 0 amide bonds. The van der Waals surface area contributed by atoms with Crippen molar-refractivity contribution in [3.63, 3.8) is 0 Å². The normalized spacial score (nSPS) is 29.5. The molecule has 4 atom stereocenters. The molecule has 2 rings (SSSR count). The van der Waals surface area contributed by atoms with Crippen LogP contribution in [0.3, 0.4) is 0 Å². The largest absolute Gasteiger partial charge is 0.633 e. The third-order valence-electron chi connectivity index (χ3n) is 5.49. The van der Waals surface area contributed by atoms with Gasteiger partial charge >= 0.3 is 0 Å². The van der Waals surface area contributed by atoms with Crippen LogP contribution >= 0.6 is 0 Å². The third kappa shape index (κ3) is 5.05. The van der Waals surface area contributed by atoms with Crippen LogP contribution in [0.25, 0.3) is 0 Å². The van der Waals surface area contributed by atoms with Gasteiger partial charge in [0.2, 0.25) is 0 Å². The fraction of sp³-hybridized carbons (Fsp3) is 0.714. The minimum atomic E-state index is -0.107. The van der Waals surface area contributed by atoms with E-state index in [1.165, 1.54) is 11.1 Å². The number of rotatable bonds is 6. The molecule has 1 heterocycles. The Labute approximate surface area is 148 Å². The van der Waals surface area contributed by atoms with Crippen LogP contribution in [0.4, 0.5) is 0 Å². The number of benzene rings is 1. The monoisotopic (exact) mass is 333 g/mol. The fourth-order valence-electron chi connectivity index (χ4n) is 3.97. The van der Waals surface area contributed by atoms with Gasteiger partial charge in [0.15, 0.2) is 0 Å². The highest BCUT2D eigenvalue weighted by atomic mass is 16.6. The first-order valence-electron chi connectivity index (χ1n) is 9.45. The Kier molecular flexibility index (Phi) is 6.11. The molecular weight excluding hydrogens is 298 g/mol. The molecule has 0 N–H and O–H groups in total. The molecule has 0 saturated carbocycles. The molecule has 0 bridgehead atoms. The predicted molar refractivity (Wildman–Crippen MR) is 101 cm³/mol. The molecular formula is C21H35NO2. The minimum Gasteiger partial charge on any atom is -0.633 e. The molecule has 1 aromatic carbocycles. The molecule has 3 heteroatoms. The molecule has 2 unspecified atom stereocenters. The fourth-order valence-corrected chi connectivity index (χ4v) is 3.97. The number of hydroxylamine groups is 3. The second-order valence-corrected chi connectivity index (χ2v) is 8.61. The molecule has 1 aromatic rings. The van der Waals surface area contributed by atoms with E-state index in [4.69, 9.17) is 4.74 Å². The molecule has 136 valence electrons. The van der Waals surface area contributed by atoms with E-state index in [0.717, 1.165) is 12.8 Å². The van der Waals surface area contributed by atoms with Crippen LogP contribution in [-0.4, -0.2) is 36.5 Å². The first-order valence-corrected chi connectivity index (χ1v) is 9.45. The standard InChI is InChI=1S/C21H35NO2/c1-7-21(5,6)20-10-8-19(9-11-20)12-16(2)13-22(23)14-17(3)24-18(4)15-22/h8-11,16-18H,7,12-15H2,1-6H3/t16?,17-,18+,22?. The van der Waals surface area contributed by atoms with E-state index in [2.05, 4.69) is 52.0 Å². The summed E-state index contributed by atoms with van der Waals surface area (Å²) < 4.78 is 5.61. The average Bonchev–Trinajstić information content (AvgIpc) is 2.45. The molecule has 1 aliphatic rings. The summed E-state index contributed by atoms with van der Waals surface area (Å²) in [6.45, 7) is 14.9. The smallest absolute Gasteiger partial charge is 0.105 e. The van der Waals surface area contributed by atoms with Crippen LogP contribution in [0.2, 0.25) is 0 Å². The quantitative estimate of drug-likeness (QED) is 0.559. The Balaban J connectivity index is 1.96. The van der Waals surface area contributed by atoms with Crippen LogP contribution in [0.1, 0.15) is 59.1 Å². The zero-order chi connectivity index (χ0) is 18.0. The third-order valence-corrected chi connectivity index (χ3v) is 5.49. The van der Waals surface area contributed by atoms with Crippen molar-refractivity contribution in [1.82, 2.24) is 0 Å². The van der Waals surface area contributed by atoms with Crippen molar-refractivity contribution in [1.29, 1.82) is 0 Å². The van der Waals surface area contributed by atoms with E-state index in [1.807, 2.05) is 13.8 Å². The Bertz CT molecular complexity index is 513. The molecule has 0 spiro atoms. The van der Waals surface area contributed by atoms with Crippen LogP contribution in [-0.2, 0) is 16.6 Å². The van der Waals surface area contributed by atoms with Gasteiger partial charge in [-0.25, -0.2) is 0 Å². The van der Waals surface area contributed by atoms with Gasteiger partial charge in [0.05, 0.1) is 6.54 Å². The van der Waals surface area contributed by atoms with Crippen molar-refractivity contribution >= 4 is 0 Å². The van der Waals surface area contributed by atoms with Gasteiger partial charge in [0.1, 0.15) is 25.3 Å². The van der Waals surface area contributed by atoms with Crippen molar-refractivity contribution in [3.8, 4) is 0 Å². The van der Waals surface area contributed by atoms with Crippen LogP contribution in [0.15, 0.2) is 24.3 Å². The summed E-state index contributed by atoms with van der Waals surface area (Å²) in [5.41, 5.74) is 2.96. The van der Waals surface area contributed by atoms with Gasteiger partial charge in [-0.05, 0) is 43.2 Å². The molecule has 1 aliphatic heterocycles. The van der Waals surface area contributed by atoms with Gasteiger partial charge in [-0.2, -0.15) is 0 Å². The topological polar surface area (TPSA) is 32.3 Å². The summed E-state index contributed by atoms with van der Waals surface area (Å²) in [4.78, 5) is 0. The molecule has 0 aliphatic carbocycles. The highest BCUT2D eigenvalue weighted by Gasteiger charge is 2.32. The van der Waals surface area contributed by atoms with Crippen molar-refractivity contribution < 1.29 is 9.38 Å². The van der Waals surface area contributed by atoms with Gasteiger partial charge in [-0.1, -0.05) is 52.0 Å². The number of hydrogen-bond donors (Lipinski definition) is 0. The van der Waals surface area contributed by atoms with Crippen molar-refractivity contribution in [3.05, 3.63) is 40.6 Å². The lowest BCUT2D eigenvalue weighted by Gasteiger charge is -2.50. The first kappa shape index (κ1) is 19.4.